The summed E-state index contributed by atoms with van der Waals surface area (Å²) in [6, 6.07) is 3.47. The summed E-state index contributed by atoms with van der Waals surface area (Å²) in [5.41, 5.74) is 1.12. The van der Waals surface area contributed by atoms with E-state index in [4.69, 9.17) is 11.6 Å². The van der Waals surface area contributed by atoms with E-state index in [1.165, 1.54) is 12.3 Å². The van der Waals surface area contributed by atoms with Gasteiger partial charge in [0.15, 0.2) is 17.5 Å². The minimum atomic E-state index is -0.933. The molecule has 0 N–H and O–H groups in total. The van der Waals surface area contributed by atoms with Gasteiger partial charge in [0.05, 0.1) is 0 Å². The monoisotopic (exact) mass is 240 g/mol. The zero-order valence-corrected chi connectivity index (χ0v) is 9.09. The number of nitrogens with zero attached hydrogens (tertiary/aromatic N) is 2. The van der Waals surface area contributed by atoms with Crippen LogP contribution in [0.5, 0.6) is 0 Å². The molecule has 0 aliphatic rings. The highest BCUT2D eigenvalue weighted by molar-refractivity contribution is 6.30. The average Bonchev–Trinajstić information content (AvgIpc) is 2.26. The molecule has 16 heavy (non-hydrogen) atoms. The van der Waals surface area contributed by atoms with E-state index in [1.807, 2.05) is 0 Å². The summed E-state index contributed by atoms with van der Waals surface area (Å²) in [6.45, 7) is 1.76. The predicted molar refractivity (Wildman–Crippen MR) is 57.1 cm³/mol. The highest BCUT2D eigenvalue weighted by Gasteiger charge is 2.08. The molecule has 2 rings (SSSR count). The molecule has 82 valence electrons. The van der Waals surface area contributed by atoms with Gasteiger partial charge in [-0.2, -0.15) is 0 Å². The molecule has 0 aliphatic heterocycles. The maximum absolute atomic E-state index is 13.0. The number of aromatic nitrogens is 2. The molecular weight excluding hydrogens is 234 g/mol. The van der Waals surface area contributed by atoms with Crippen molar-refractivity contribution < 1.29 is 8.78 Å². The van der Waals surface area contributed by atoms with Gasteiger partial charge in [-0.3, -0.25) is 0 Å². The van der Waals surface area contributed by atoms with Crippen LogP contribution < -0.4 is 0 Å². The summed E-state index contributed by atoms with van der Waals surface area (Å²) in [6.07, 6.45) is 1.53. The summed E-state index contributed by atoms with van der Waals surface area (Å²) in [5.74, 6) is -1.56. The summed E-state index contributed by atoms with van der Waals surface area (Å²) in [4.78, 5) is 7.97. The van der Waals surface area contributed by atoms with Gasteiger partial charge in [-0.25, -0.2) is 18.7 Å². The van der Waals surface area contributed by atoms with Crippen molar-refractivity contribution in [1.82, 2.24) is 9.97 Å². The molecule has 0 spiro atoms. The molecule has 0 bridgehead atoms. The van der Waals surface area contributed by atoms with Gasteiger partial charge in [0.25, 0.3) is 0 Å². The molecule has 0 saturated heterocycles. The van der Waals surface area contributed by atoms with Crippen molar-refractivity contribution in [2.45, 2.75) is 6.92 Å². The van der Waals surface area contributed by atoms with E-state index in [0.29, 0.717) is 10.7 Å². The smallest absolute Gasteiger partial charge is 0.160 e. The highest BCUT2D eigenvalue weighted by atomic mass is 35.5. The topological polar surface area (TPSA) is 25.8 Å². The highest BCUT2D eigenvalue weighted by Crippen LogP contribution is 2.20. The van der Waals surface area contributed by atoms with Crippen LogP contribution in [0, 0.1) is 18.6 Å². The second-order valence-corrected chi connectivity index (χ2v) is 3.65. The van der Waals surface area contributed by atoms with Crippen LogP contribution in [0.1, 0.15) is 5.56 Å². The SMILES string of the molecule is Cc1cnc(-c2ccc(F)c(F)c2)nc1Cl. The Hall–Kier alpha value is -1.55. The number of hydrogen-bond donors (Lipinski definition) is 0. The number of benzene rings is 1. The second kappa shape index (κ2) is 4.14. The molecule has 1 aromatic carbocycles. The fourth-order valence-electron chi connectivity index (χ4n) is 1.20. The van der Waals surface area contributed by atoms with Crippen molar-refractivity contribution in [3.05, 3.63) is 46.7 Å². The lowest BCUT2D eigenvalue weighted by atomic mass is 10.2. The first kappa shape index (κ1) is 11.0. The Balaban J connectivity index is 2.50. The Bertz CT molecular complexity index is 494. The first-order chi connectivity index (χ1) is 7.58. The summed E-state index contributed by atoms with van der Waals surface area (Å²) >= 11 is 5.82. The van der Waals surface area contributed by atoms with Crippen molar-refractivity contribution in [3.63, 3.8) is 0 Å². The fourth-order valence-corrected chi connectivity index (χ4v) is 1.32. The molecule has 0 aliphatic carbocycles. The van der Waals surface area contributed by atoms with E-state index in [1.54, 1.807) is 6.92 Å². The van der Waals surface area contributed by atoms with E-state index in [0.717, 1.165) is 17.7 Å². The van der Waals surface area contributed by atoms with Crippen molar-refractivity contribution >= 4 is 11.6 Å². The van der Waals surface area contributed by atoms with Crippen molar-refractivity contribution in [2.75, 3.05) is 0 Å². The minimum Gasteiger partial charge on any atom is -0.236 e. The van der Waals surface area contributed by atoms with Gasteiger partial charge in [-0.1, -0.05) is 11.6 Å². The fraction of sp³-hybridized carbons (Fsp3) is 0.0909. The molecule has 1 heterocycles. The average molecular weight is 241 g/mol. The molecule has 2 nitrogen and oxygen atoms in total. The lowest BCUT2D eigenvalue weighted by Gasteiger charge is -2.02. The third kappa shape index (κ3) is 2.02. The van der Waals surface area contributed by atoms with Crippen molar-refractivity contribution in [3.8, 4) is 11.4 Å². The van der Waals surface area contributed by atoms with E-state index in [2.05, 4.69) is 9.97 Å². The Morgan fingerprint density at radius 3 is 2.56 bits per heavy atom. The van der Waals surface area contributed by atoms with Gasteiger partial charge >= 0.3 is 0 Å². The molecule has 0 amide bonds. The third-order valence-electron chi connectivity index (χ3n) is 2.09. The van der Waals surface area contributed by atoms with Crippen LogP contribution in [0.4, 0.5) is 8.78 Å². The number of aryl methyl sites for hydroxylation is 1. The molecule has 2 aromatic rings. The van der Waals surface area contributed by atoms with Crippen LogP contribution >= 0.6 is 11.6 Å². The molecule has 1 aromatic heterocycles. The van der Waals surface area contributed by atoms with Crippen LogP contribution in [0.25, 0.3) is 11.4 Å². The van der Waals surface area contributed by atoms with E-state index in [-0.39, 0.29) is 5.82 Å². The van der Waals surface area contributed by atoms with E-state index in [9.17, 15) is 8.78 Å². The van der Waals surface area contributed by atoms with Gasteiger partial charge in [0.1, 0.15) is 5.15 Å². The molecule has 0 fully saturated rings. The van der Waals surface area contributed by atoms with Crippen LogP contribution in [-0.4, -0.2) is 9.97 Å². The molecule has 5 heteroatoms. The van der Waals surface area contributed by atoms with Gasteiger partial charge in [0, 0.05) is 17.3 Å². The summed E-state index contributed by atoms with van der Waals surface area (Å²) in [5, 5.41) is 0.301. The summed E-state index contributed by atoms with van der Waals surface area (Å²) in [7, 11) is 0. The van der Waals surface area contributed by atoms with Crippen LogP contribution in [-0.2, 0) is 0 Å². The van der Waals surface area contributed by atoms with Crippen LogP contribution in [0.15, 0.2) is 24.4 Å². The minimum absolute atomic E-state index is 0.273. The van der Waals surface area contributed by atoms with Crippen molar-refractivity contribution in [1.29, 1.82) is 0 Å². The van der Waals surface area contributed by atoms with Gasteiger partial charge < -0.3 is 0 Å². The lowest BCUT2D eigenvalue weighted by molar-refractivity contribution is 0.509. The standard InChI is InChI=1S/C11H7ClF2N2/c1-6-5-15-11(16-10(6)12)7-2-3-8(13)9(14)4-7/h2-5H,1H3. The van der Waals surface area contributed by atoms with Gasteiger partial charge in [0.2, 0.25) is 0 Å². The Morgan fingerprint density at radius 1 is 1.19 bits per heavy atom. The molecule has 0 radical (unpaired) electrons. The number of hydrogen-bond acceptors (Lipinski definition) is 2. The van der Waals surface area contributed by atoms with Crippen molar-refractivity contribution in [2.24, 2.45) is 0 Å². The van der Waals surface area contributed by atoms with E-state index < -0.39 is 11.6 Å². The normalized spacial score (nSPS) is 10.5. The van der Waals surface area contributed by atoms with Crippen LogP contribution in [0.2, 0.25) is 5.15 Å². The molecular formula is C11H7ClF2N2. The van der Waals surface area contributed by atoms with Crippen LogP contribution in [0.3, 0.4) is 0 Å². The Morgan fingerprint density at radius 2 is 1.94 bits per heavy atom. The van der Waals surface area contributed by atoms with E-state index >= 15 is 0 Å². The Kier molecular flexibility index (Phi) is 2.83. The maximum Gasteiger partial charge on any atom is 0.160 e. The first-order valence-electron chi connectivity index (χ1n) is 4.52. The zero-order chi connectivity index (χ0) is 11.7. The number of rotatable bonds is 1. The van der Waals surface area contributed by atoms with Gasteiger partial charge in [-0.05, 0) is 25.1 Å². The first-order valence-corrected chi connectivity index (χ1v) is 4.90. The van der Waals surface area contributed by atoms with Gasteiger partial charge in [-0.15, -0.1) is 0 Å². The quantitative estimate of drug-likeness (QED) is 0.714. The predicted octanol–water partition coefficient (Wildman–Crippen LogP) is 3.38. The molecule has 0 saturated carbocycles. The zero-order valence-electron chi connectivity index (χ0n) is 8.34. The second-order valence-electron chi connectivity index (χ2n) is 3.30. The Labute approximate surface area is 95.9 Å². The largest absolute Gasteiger partial charge is 0.236 e. The lowest BCUT2D eigenvalue weighted by Crippen LogP contribution is -1.93. The maximum atomic E-state index is 13.0. The third-order valence-corrected chi connectivity index (χ3v) is 2.47. The summed E-state index contributed by atoms with van der Waals surface area (Å²) < 4.78 is 25.7. The molecule has 0 atom stereocenters. The number of halogens is 3. The molecule has 0 unspecified atom stereocenters.